The van der Waals surface area contributed by atoms with Crippen LogP contribution >= 0.6 is 11.3 Å². The van der Waals surface area contributed by atoms with Crippen LogP contribution in [0.25, 0.3) is 85.9 Å². The van der Waals surface area contributed by atoms with Gasteiger partial charge in [0.25, 0.3) is 0 Å². The van der Waals surface area contributed by atoms with Crippen molar-refractivity contribution in [3.05, 3.63) is 157 Å². The zero-order valence-corrected chi connectivity index (χ0v) is 24.8. The fourth-order valence-electron chi connectivity index (χ4n) is 7.88. The minimum Gasteiger partial charge on any atom is -0.135 e. The third-order valence-corrected chi connectivity index (χ3v) is 10.8. The van der Waals surface area contributed by atoms with E-state index in [9.17, 15) is 0 Å². The molecule has 9 aromatic rings. The number of fused-ring (bicyclic) bond motifs is 11. The third-order valence-electron chi connectivity index (χ3n) is 9.66. The lowest BCUT2D eigenvalue weighted by Crippen LogP contribution is -1.93. The molecule has 0 unspecified atom stereocenters. The Morgan fingerprint density at radius 2 is 0.977 bits per heavy atom. The molecule has 1 aromatic heterocycles. The van der Waals surface area contributed by atoms with Crippen LogP contribution in [0.3, 0.4) is 0 Å². The van der Waals surface area contributed by atoms with E-state index in [4.69, 9.17) is 0 Å². The predicted molar refractivity (Wildman–Crippen MR) is 191 cm³/mol. The number of benzene rings is 8. The Morgan fingerprint density at radius 1 is 0.364 bits per heavy atom. The minimum absolute atomic E-state index is 0.993. The van der Waals surface area contributed by atoms with Crippen molar-refractivity contribution in [3.8, 4) is 33.4 Å². The Bertz CT molecular complexity index is 2560. The van der Waals surface area contributed by atoms with E-state index >= 15 is 0 Å². The molecule has 1 heteroatoms. The van der Waals surface area contributed by atoms with Crippen LogP contribution in [0.1, 0.15) is 11.1 Å². The summed E-state index contributed by atoms with van der Waals surface area (Å²) in [5.41, 5.74) is 10.9. The number of thiophene rings is 1. The van der Waals surface area contributed by atoms with Crippen molar-refractivity contribution >= 4 is 63.8 Å². The van der Waals surface area contributed by atoms with Gasteiger partial charge in [0.2, 0.25) is 0 Å². The maximum atomic E-state index is 2.49. The highest BCUT2D eigenvalue weighted by Gasteiger charge is 2.26. The molecule has 204 valence electrons. The van der Waals surface area contributed by atoms with Crippen molar-refractivity contribution in [1.29, 1.82) is 0 Å². The molecule has 0 fully saturated rings. The molecule has 44 heavy (non-hydrogen) atoms. The van der Waals surface area contributed by atoms with Gasteiger partial charge in [-0.15, -0.1) is 11.3 Å². The molecule has 0 radical (unpaired) electrons. The molecule has 0 saturated heterocycles. The van der Waals surface area contributed by atoms with Gasteiger partial charge in [-0.1, -0.05) is 133 Å². The molecule has 1 aliphatic rings. The molecule has 0 spiro atoms. The third kappa shape index (κ3) is 3.28. The van der Waals surface area contributed by atoms with E-state index in [0.29, 0.717) is 0 Å². The topological polar surface area (TPSA) is 0 Å². The Balaban J connectivity index is 1.44. The molecule has 8 aromatic carbocycles. The fraction of sp³-hybridized carbons (Fsp3) is 0.0233. The number of hydrogen-bond donors (Lipinski definition) is 0. The smallest absolute Gasteiger partial charge is 0.0368 e. The highest BCUT2D eigenvalue weighted by molar-refractivity contribution is 7.26. The van der Waals surface area contributed by atoms with Crippen molar-refractivity contribution in [3.63, 3.8) is 0 Å². The quantitative estimate of drug-likeness (QED) is 0.180. The largest absolute Gasteiger partial charge is 0.135 e. The Morgan fingerprint density at radius 3 is 1.73 bits per heavy atom. The van der Waals surface area contributed by atoms with Gasteiger partial charge < -0.3 is 0 Å². The zero-order valence-electron chi connectivity index (χ0n) is 24.0. The lowest BCUT2D eigenvalue weighted by Gasteiger charge is -2.20. The second-order valence-corrected chi connectivity index (χ2v) is 13.0. The first-order chi connectivity index (χ1) is 21.8. The summed E-state index contributed by atoms with van der Waals surface area (Å²) in [4.78, 5) is 0. The molecule has 0 saturated carbocycles. The van der Waals surface area contributed by atoms with Crippen LogP contribution in [0.15, 0.2) is 146 Å². The fourth-order valence-corrected chi connectivity index (χ4v) is 9.04. The molecule has 1 aliphatic carbocycles. The van der Waals surface area contributed by atoms with Crippen molar-refractivity contribution in [2.45, 2.75) is 6.42 Å². The Hall–Kier alpha value is -5.24. The summed E-state index contributed by atoms with van der Waals surface area (Å²) in [5, 5.41) is 10.7. The van der Waals surface area contributed by atoms with Crippen molar-refractivity contribution in [2.75, 3.05) is 0 Å². The van der Waals surface area contributed by atoms with Gasteiger partial charge >= 0.3 is 0 Å². The summed E-state index contributed by atoms with van der Waals surface area (Å²) < 4.78 is 2.70. The van der Waals surface area contributed by atoms with Crippen LogP contribution in [0.5, 0.6) is 0 Å². The second-order valence-electron chi connectivity index (χ2n) is 12.0. The van der Waals surface area contributed by atoms with E-state index < -0.39 is 0 Å². The summed E-state index contributed by atoms with van der Waals surface area (Å²) in [6, 6.07) is 54.2. The van der Waals surface area contributed by atoms with Crippen LogP contribution in [-0.2, 0) is 6.42 Å². The first kappa shape index (κ1) is 24.2. The van der Waals surface area contributed by atoms with E-state index in [1.165, 1.54) is 97.0 Å². The van der Waals surface area contributed by atoms with Gasteiger partial charge in [0.15, 0.2) is 0 Å². The molecule has 1 heterocycles. The molecular formula is C43H26S. The lowest BCUT2D eigenvalue weighted by molar-refractivity contribution is 1.27. The summed E-state index contributed by atoms with van der Waals surface area (Å²) in [7, 11) is 0. The molecule has 0 N–H and O–H groups in total. The maximum Gasteiger partial charge on any atom is 0.0368 e. The summed E-state index contributed by atoms with van der Waals surface area (Å²) in [6.07, 6.45) is 0.993. The van der Waals surface area contributed by atoms with Gasteiger partial charge in [0, 0.05) is 20.2 Å². The van der Waals surface area contributed by atoms with Gasteiger partial charge in [-0.2, -0.15) is 0 Å². The van der Waals surface area contributed by atoms with Gasteiger partial charge in [0.1, 0.15) is 0 Å². The van der Waals surface area contributed by atoms with E-state index in [1.54, 1.807) is 0 Å². The molecule has 0 nitrogen and oxygen atoms in total. The Kier molecular flexibility index (Phi) is 5.03. The van der Waals surface area contributed by atoms with E-state index in [2.05, 4.69) is 146 Å². The predicted octanol–water partition coefficient (Wildman–Crippen LogP) is 12.4. The molecule has 0 amide bonds. The lowest BCUT2D eigenvalue weighted by atomic mass is 9.83. The highest BCUT2D eigenvalue weighted by Crippen LogP contribution is 2.52. The molecular weight excluding hydrogens is 549 g/mol. The van der Waals surface area contributed by atoms with Crippen LogP contribution in [0, 0.1) is 0 Å². The van der Waals surface area contributed by atoms with Gasteiger partial charge in [-0.05, 0) is 95.4 Å². The van der Waals surface area contributed by atoms with Crippen molar-refractivity contribution < 1.29 is 0 Å². The van der Waals surface area contributed by atoms with Gasteiger partial charge in [-0.3, -0.25) is 0 Å². The Labute approximate surface area is 259 Å². The number of rotatable bonds is 2. The molecule has 10 rings (SSSR count). The molecule has 0 aliphatic heterocycles. The first-order valence-corrected chi connectivity index (χ1v) is 16.1. The van der Waals surface area contributed by atoms with E-state index in [-0.39, 0.29) is 0 Å². The van der Waals surface area contributed by atoms with Gasteiger partial charge in [-0.25, -0.2) is 0 Å². The highest BCUT2D eigenvalue weighted by atomic mass is 32.1. The summed E-state index contributed by atoms with van der Waals surface area (Å²) in [6.45, 7) is 0. The monoisotopic (exact) mass is 574 g/mol. The zero-order chi connectivity index (χ0) is 28.8. The normalized spacial score (nSPS) is 12.5. The van der Waals surface area contributed by atoms with Crippen LogP contribution in [-0.4, -0.2) is 0 Å². The summed E-state index contributed by atoms with van der Waals surface area (Å²) >= 11 is 1.92. The van der Waals surface area contributed by atoms with Gasteiger partial charge in [0.05, 0.1) is 0 Å². The number of hydrogen-bond acceptors (Lipinski definition) is 1. The maximum absolute atomic E-state index is 2.49. The average molecular weight is 575 g/mol. The van der Waals surface area contributed by atoms with Crippen molar-refractivity contribution in [1.82, 2.24) is 0 Å². The van der Waals surface area contributed by atoms with Crippen LogP contribution in [0.2, 0.25) is 0 Å². The summed E-state index contributed by atoms with van der Waals surface area (Å²) in [5.74, 6) is 0. The SMILES string of the molecule is c1ccc(-c2c3ccccc3c(-c3cc4sc5ccccc5c4c4c5c(ccc34)Cc3ccccc3-5)c3ccccc23)cc1. The van der Waals surface area contributed by atoms with Crippen molar-refractivity contribution in [2.24, 2.45) is 0 Å². The van der Waals surface area contributed by atoms with Crippen LogP contribution < -0.4 is 0 Å². The van der Waals surface area contributed by atoms with E-state index in [0.717, 1.165) is 6.42 Å². The van der Waals surface area contributed by atoms with E-state index in [1.807, 2.05) is 11.3 Å². The first-order valence-electron chi connectivity index (χ1n) is 15.3. The molecule has 0 bridgehead atoms. The standard InChI is InChI=1S/C43H26S/c1-2-12-26(13-3-1)39-30-16-6-8-18-32(30)41(33-19-9-7-17-31(33)39)36-25-38-42(35-20-10-11-21-37(35)44-38)43-34(36)23-22-28-24-27-14-4-5-15-29(27)40(28)43/h1-23,25H,24H2. The molecule has 0 atom stereocenters. The minimum atomic E-state index is 0.993. The second kappa shape index (κ2) is 9.13. The average Bonchev–Trinajstić information content (AvgIpc) is 3.65. The van der Waals surface area contributed by atoms with Crippen LogP contribution in [0.4, 0.5) is 0 Å².